The molecule has 1 aromatic carbocycles. The highest BCUT2D eigenvalue weighted by molar-refractivity contribution is 5.53. The maximum atomic E-state index is 11.1. The van der Waals surface area contributed by atoms with E-state index in [0.29, 0.717) is 23.7 Å². The van der Waals surface area contributed by atoms with Crippen LogP contribution in [0.5, 0.6) is 0 Å². The van der Waals surface area contributed by atoms with Gasteiger partial charge in [-0.05, 0) is 78.9 Å². The molecule has 1 aromatic rings. The number of aliphatic hydroxyl groups excluding tert-OH is 1. The van der Waals surface area contributed by atoms with Gasteiger partial charge in [0.25, 0.3) is 0 Å². The Labute approximate surface area is 216 Å². The van der Waals surface area contributed by atoms with Crippen LogP contribution in [0.3, 0.4) is 0 Å². The highest BCUT2D eigenvalue weighted by Gasteiger charge is 2.57. The number of aliphatic hydroxyl groups is 1. The fourth-order valence-electron chi connectivity index (χ4n) is 8.47. The van der Waals surface area contributed by atoms with Crippen LogP contribution >= 0.6 is 0 Å². The molecule has 5 aliphatic rings. The minimum Gasteiger partial charge on any atom is -0.393 e. The van der Waals surface area contributed by atoms with Crippen molar-refractivity contribution in [2.24, 2.45) is 28.6 Å². The molecule has 4 fully saturated rings. The van der Waals surface area contributed by atoms with Crippen molar-refractivity contribution in [3.05, 3.63) is 52.6 Å². The molecule has 192 valence electrons. The lowest BCUT2D eigenvalue weighted by atomic mass is 9.52. The highest BCUT2D eigenvalue weighted by Crippen LogP contribution is 2.65. The third kappa shape index (κ3) is 3.99. The van der Waals surface area contributed by atoms with Gasteiger partial charge in [0.15, 0.2) is 5.79 Å². The normalized spacial score (nSPS) is 38.9. The fourth-order valence-corrected chi connectivity index (χ4v) is 8.47. The van der Waals surface area contributed by atoms with Crippen LogP contribution in [-0.4, -0.2) is 30.2 Å². The van der Waals surface area contributed by atoms with Crippen molar-refractivity contribution in [2.45, 2.75) is 89.9 Å². The van der Waals surface area contributed by atoms with Gasteiger partial charge in [0.2, 0.25) is 0 Å². The summed E-state index contributed by atoms with van der Waals surface area (Å²) in [7, 11) is 0. The Balaban J connectivity index is 1.36. The second-order valence-corrected chi connectivity index (χ2v) is 13.3. The summed E-state index contributed by atoms with van der Waals surface area (Å²) in [4.78, 5) is 0. The van der Waals surface area contributed by atoms with E-state index in [0.717, 1.165) is 57.3 Å². The van der Waals surface area contributed by atoms with Gasteiger partial charge >= 0.3 is 0 Å². The van der Waals surface area contributed by atoms with Gasteiger partial charge in [0.1, 0.15) is 0 Å². The Morgan fingerprint density at radius 1 is 1.00 bits per heavy atom. The van der Waals surface area contributed by atoms with Gasteiger partial charge in [-0.25, -0.2) is 0 Å². The Morgan fingerprint density at radius 3 is 2.47 bits per heavy atom. The fraction of sp³-hybridized carbons (Fsp3) is 0.656. The molecule has 4 heteroatoms. The first kappa shape index (κ1) is 24.4. The van der Waals surface area contributed by atoms with Crippen molar-refractivity contribution in [1.82, 2.24) is 0 Å². The van der Waals surface area contributed by atoms with Gasteiger partial charge < -0.3 is 14.6 Å². The number of benzene rings is 1. The molecule has 0 radical (unpaired) electrons. The van der Waals surface area contributed by atoms with Crippen LogP contribution in [-0.2, 0) is 9.47 Å². The van der Waals surface area contributed by atoms with E-state index in [1.165, 1.54) is 24.5 Å². The van der Waals surface area contributed by atoms with Crippen LogP contribution in [0.15, 0.2) is 41.5 Å². The van der Waals surface area contributed by atoms with E-state index in [1.807, 2.05) is 6.08 Å². The minimum absolute atomic E-state index is 0.0112. The molecule has 4 nitrogen and oxygen atoms in total. The van der Waals surface area contributed by atoms with Crippen LogP contribution in [0.2, 0.25) is 0 Å². The Bertz CT molecular complexity index is 1100. The topological polar surface area (TPSA) is 62.5 Å². The molecule has 4 aliphatic carbocycles. The van der Waals surface area contributed by atoms with E-state index in [2.05, 4.69) is 51.1 Å². The van der Waals surface area contributed by atoms with E-state index in [4.69, 9.17) is 14.7 Å². The molecule has 6 rings (SSSR count). The summed E-state index contributed by atoms with van der Waals surface area (Å²) >= 11 is 0. The average molecular weight is 488 g/mol. The Kier molecular flexibility index (Phi) is 5.99. The summed E-state index contributed by atoms with van der Waals surface area (Å²) in [6.07, 6.45) is 11.8. The number of hydrogen-bond acceptors (Lipinski definition) is 4. The molecular formula is C32H41NO3. The molecule has 1 heterocycles. The number of nitrogens with zero attached hydrogens (tertiary/aromatic N) is 1. The molecule has 0 bridgehead atoms. The SMILES string of the molecule is CC1(C)COC2(CCC3=C4C(c5ccc(/C=C/C#N)cc5)CC5(C)C(O)CCC5C4CCC3C2)OC1. The van der Waals surface area contributed by atoms with E-state index in [-0.39, 0.29) is 16.9 Å². The standard InChI is InChI=1S/C32H41NO3/c1-30(2)19-35-32(36-20-30)15-14-24-23(17-32)10-11-25-27-12-13-28(34)31(27,3)18-26(29(24)25)22-8-6-21(7-9-22)5-4-16-33/h4-9,23,25-28,34H,10-15,17-20H2,1-3H3/b5-4+. The summed E-state index contributed by atoms with van der Waals surface area (Å²) in [5, 5.41) is 20.0. The maximum Gasteiger partial charge on any atom is 0.169 e. The Hall–Kier alpha value is -1.93. The molecule has 1 aliphatic heterocycles. The van der Waals surface area contributed by atoms with Gasteiger partial charge in [-0.1, -0.05) is 56.2 Å². The molecular weight excluding hydrogens is 446 g/mol. The Morgan fingerprint density at radius 2 is 1.75 bits per heavy atom. The first-order valence-corrected chi connectivity index (χ1v) is 14.1. The molecule has 1 N–H and O–H groups in total. The number of ether oxygens (including phenoxy) is 2. The zero-order valence-corrected chi connectivity index (χ0v) is 22.1. The van der Waals surface area contributed by atoms with Crippen LogP contribution in [0.1, 0.15) is 89.2 Å². The quantitative estimate of drug-likeness (QED) is 0.370. The second-order valence-electron chi connectivity index (χ2n) is 13.3. The summed E-state index contributed by atoms with van der Waals surface area (Å²) in [5.41, 5.74) is 5.90. The van der Waals surface area contributed by atoms with Crippen LogP contribution in [0, 0.1) is 39.9 Å². The number of fused-ring (bicyclic) bond motifs is 4. The maximum absolute atomic E-state index is 11.1. The van der Waals surface area contributed by atoms with Gasteiger partial charge in [-0.3, -0.25) is 0 Å². The van der Waals surface area contributed by atoms with Gasteiger partial charge in [-0.2, -0.15) is 5.26 Å². The third-order valence-electron chi connectivity index (χ3n) is 10.4. The van der Waals surface area contributed by atoms with Crippen molar-refractivity contribution >= 4 is 6.08 Å². The molecule has 1 saturated heterocycles. The molecule has 6 atom stereocenters. The lowest BCUT2D eigenvalue weighted by Crippen LogP contribution is -2.52. The monoisotopic (exact) mass is 487 g/mol. The van der Waals surface area contributed by atoms with Crippen molar-refractivity contribution in [3.63, 3.8) is 0 Å². The van der Waals surface area contributed by atoms with Crippen molar-refractivity contribution in [3.8, 4) is 6.07 Å². The van der Waals surface area contributed by atoms with E-state index >= 15 is 0 Å². The van der Waals surface area contributed by atoms with Crippen LogP contribution < -0.4 is 0 Å². The lowest BCUT2D eigenvalue weighted by molar-refractivity contribution is -0.312. The summed E-state index contributed by atoms with van der Waals surface area (Å²) in [6.45, 7) is 8.37. The minimum atomic E-state index is -0.395. The van der Waals surface area contributed by atoms with Crippen LogP contribution in [0.4, 0.5) is 0 Å². The lowest BCUT2D eigenvalue weighted by Gasteiger charge is -2.55. The summed E-state index contributed by atoms with van der Waals surface area (Å²) in [6, 6.07) is 10.9. The number of allylic oxidation sites excluding steroid dienone is 3. The largest absolute Gasteiger partial charge is 0.393 e. The first-order valence-electron chi connectivity index (χ1n) is 14.1. The van der Waals surface area contributed by atoms with Crippen LogP contribution in [0.25, 0.3) is 6.08 Å². The number of rotatable bonds is 2. The summed E-state index contributed by atoms with van der Waals surface area (Å²) < 4.78 is 12.9. The van der Waals surface area contributed by atoms with Gasteiger partial charge in [-0.15, -0.1) is 0 Å². The zero-order valence-electron chi connectivity index (χ0n) is 22.1. The number of hydrogen-bond donors (Lipinski definition) is 1. The highest BCUT2D eigenvalue weighted by atomic mass is 16.7. The zero-order chi connectivity index (χ0) is 25.1. The molecule has 0 aromatic heterocycles. The molecule has 3 saturated carbocycles. The second kappa shape index (κ2) is 8.83. The van der Waals surface area contributed by atoms with Crippen molar-refractivity contribution in [2.75, 3.05) is 13.2 Å². The predicted octanol–water partition coefficient (Wildman–Crippen LogP) is 6.76. The van der Waals surface area contributed by atoms with Gasteiger partial charge in [0.05, 0.1) is 25.4 Å². The molecule has 1 spiro atoms. The van der Waals surface area contributed by atoms with Gasteiger partial charge in [0, 0.05) is 30.3 Å². The van der Waals surface area contributed by atoms with E-state index < -0.39 is 5.79 Å². The smallest absolute Gasteiger partial charge is 0.169 e. The van der Waals surface area contributed by atoms with E-state index in [1.54, 1.807) is 11.1 Å². The molecule has 0 amide bonds. The first-order chi connectivity index (χ1) is 17.2. The van der Waals surface area contributed by atoms with E-state index in [9.17, 15) is 5.11 Å². The summed E-state index contributed by atoms with van der Waals surface area (Å²) in [5.74, 6) is 1.67. The molecule has 36 heavy (non-hydrogen) atoms. The average Bonchev–Trinajstić information content (AvgIpc) is 3.18. The number of nitriles is 1. The predicted molar refractivity (Wildman–Crippen MR) is 141 cm³/mol. The molecule has 6 unspecified atom stereocenters. The van der Waals surface area contributed by atoms with Crippen molar-refractivity contribution in [1.29, 1.82) is 5.26 Å². The van der Waals surface area contributed by atoms with Crippen molar-refractivity contribution < 1.29 is 14.6 Å². The third-order valence-corrected chi connectivity index (χ3v) is 10.4.